The molecule has 1 atom stereocenters. The number of hydrogen-bond acceptors (Lipinski definition) is 8. The molecule has 1 aromatic rings. The fourth-order valence-electron chi connectivity index (χ4n) is 5.49. The van der Waals surface area contributed by atoms with Crippen LogP contribution in [0.4, 0.5) is 0 Å². The van der Waals surface area contributed by atoms with Gasteiger partial charge in [0.25, 0.3) is 0 Å². The van der Waals surface area contributed by atoms with Gasteiger partial charge in [0.15, 0.2) is 23.1 Å². The highest BCUT2D eigenvalue weighted by Crippen LogP contribution is 2.57. The van der Waals surface area contributed by atoms with Crippen molar-refractivity contribution in [3.63, 3.8) is 0 Å². The molecule has 0 radical (unpaired) electrons. The lowest BCUT2D eigenvalue weighted by molar-refractivity contribution is -0.144. The van der Waals surface area contributed by atoms with Gasteiger partial charge in [-0.2, -0.15) is 0 Å². The number of carbonyl (C=O) groups is 5. The van der Waals surface area contributed by atoms with Crippen LogP contribution in [0.3, 0.4) is 0 Å². The fraction of sp³-hybridized carbons (Fsp3) is 0.567. The van der Waals surface area contributed by atoms with Crippen LogP contribution in [0.1, 0.15) is 104 Å². The Morgan fingerprint density at radius 2 is 1.50 bits per heavy atom. The van der Waals surface area contributed by atoms with Crippen molar-refractivity contribution in [3.05, 3.63) is 28.5 Å². The van der Waals surface area contributed by atoms with Crippen LogP contribution in [0.2, 0.25) is 0 Å². The van der Waals surface area contributed by atoms with Gasteiger partial charge in [0.2, 0.25) is 0 Å². The van der Waals surface area contributed by atoms with Gasteiger partial charge >= 0.3 is 11.9 Å². The lowest BCUT2D eigenvalue weighted by atomic mass is 9.59. The normalized spacial score (nSPS) is 19.6. The summed E-state index contributed by atoms with van der Waals surface area (Å²) in [6.07, 6.45) is 0.568. The summed E-state index contributed by atoms with van der Waals surface area (Å²) in [5, 5.41) is 0. The number of rotatable bonds is 7. The van der Waals surface area contributed by atoms with Crippen molar-refractivity contribution in [1.29, 1.82) is 0 Å². The molecule has 0 aromatic heterocycles. The van der Waals surface area contributed by atoms with Gasteiger partial charge in [-0.05, 0) is 46.0 Å². The SMILES string of the molecule is CC(=O)Oc1cc2c(c(OC(C)=O)c1C(=O)CC(C)C)C(CC(C)C)C1=C(O2)C(C)(C)C(=O)C(C)(C)C1=O. The van der Waals surface area contributed by atoms with Gasteiger partial charge < -0.3 is 14.2 Å². The number of ketones is 3. The minimum absolute atomic E-state index is 0.0292. The Bertz CT molecular complexity index is 1260. The first-order chi connectivity index (χ1) is 17.4. The Morgan fingerprint density at radius 3 is 2.00 bits per heavy atom. The summed E-state index contributed by atoms with van der Waals surface area (Å²) in [6, 6.07) is 1.43. The summed E-state index contributed by atoms with van der Waals surface area (Å²) in [5.41, 5.74) is -1.76. The van der Waals surface area contributed by atoms with Crippen molar-refractivity contribution < 1.29 is 38.2 Å². The smallest absolute Gasteiger partial charge is 0.308 e. The maximum absolute atomic E-state index is 13.9. The van der Waals surface area contributed by atoms with Crippen LogP contribution in [0.5, 0.6) is 17.2 Å². The molecule has 0 spiro atoms. The van der Waals surface area contributed by atoms with E-state index in [4.69, 9.17) is 14.2 Å². The van der Waals surface area contributed by atoms with Crippen LogP contribution in [0.15, 0.2) is 17.4 Å². The fourth-order valence-corrected chi connectivity index (χ4v) is 5.49. The number of fused-ring (bicyclic) bond motifs is 1. The molecular weight excluding hydrogens is 488 g/mol. The third kappa shape index (κ3) is 5.05. The van der Waals surface area contributed by atoms with Crippen LogP contribution in [0.25, 0.3) is 0 Å². The lowest BCUT2D eigenvalue weighted by Crippen LogP contribution is -2.51. The maximum Gasteiger partial charge on any atom is 0.308 e. The lowest BCUT2D eigenvalue weighted by Gasteiger charge is -2.45. The van der Waals surface area contributed by atoms with E-state index < -0.39 is 28.7 Å². The van der Waals surface area contributed by atoms with E-state index in [-0.39, 0.29) is 64.2 Å². The average molecular weight is 527 g/mol. The van der Waals surface area contributed by atoms with Crippen LogP contribution < -0.4 is 14.2 Å². The van der Waals surface area contributed by atoms with Gasteiger partial charge in [-0.15, -0.1) is 0 Å². The van der Waals surface area contributed by atoms with E-state index in [0.29, 0.717) is 17.6 Å². The van der Waals surface area contributed by atoms with Gasteiger partial charge in [-0.3, -0.25) is 24.0 Å². The predicted molar refractivity (Wildman–Crippen MR) is 140 cm³/mol. The molecule has 0 N–H and O–H groups in total. The second-order valence-electron chi connectivity index (χ2n) is 12.1. The monoisotopic (exact) mass is 526 g/mol. The molecule has 2 aliphatic rings. The van der Waals surface area contributed by atoms with E-state index in [1.165, 1.54) is 19.9 Å². The van der Waals surface area contributed by atoms with E-state index in [2.05, 4.69) is 0 Å². The third-order valence-corrected chi connectivity index (χ3v) is 6.99. The molecule has 0 bridgehead atoms. The number of Topliss-reactive ketones (excluding diaryl/α,β-unsaturated/α-hetero) is 3. The molecule has 0 amide bonds. The summed E-state index contributed by atoms with van der Waals surface area (Å²) >= 11 is 0. The van der Waals surface area contributed by atoms with E-state index in [1.807, 2.05) is 27.7 Å². The second kappa shape index (κ2) is 10.1. The Hall–Kier alpha value is -3.29. The number of esters is 2. The Morgan fingerprint density at radius 1 is 0.921 bits per heavy atom. The topological polar surface area (TPSA) is 113 Å². The molecule has 0 saturated heterocycles. The first kappa shape index (κ1) is 29.3. The second-order valence-corrected chi connectivity index (χ2v) is 12.1. The molecular formula is C30H38O8. The van der Waals surface area contributed by atoms with E-state index in [0.717, 1.165) is 0 Å². The van der Waals surface area contributed by atoms with Gasteiger partial charge in [-0.1, -0.05) is 27.7 Å². The molecule has 0 saturated carbocycles. The van der Waals surface area contributed by atoms with E-state index >= 15 is 0 Å². The highest BCUT2D eigenvalue weighted by Gasteiger charge is 2.57. The largest absolute Gasteiger partial charge is 0.460 e. The van der Waals surface area contributed by atoms with Crippen molar-refractivity contribution in [2.75, 3.05) is 0 Å². The third-order valence-electron chi connectivity index (χ3n) is 6.99. The van der Waals surface area contributed by atoms with E-state index in [1.54, 1.807) is 27.7 Å². The summed E-state index contributed by atoms with van der Waals surface area (Å²) < 4.78 is 17.4. The van der Waals surface area contributed by atoms with Crippen LogP contribution in [-0.2, 0) is 19.2 Å². The van der Waals surface area contributed by atoms with Crippen molar-refractivity contribution in [2.24, 2.45) is 22.7 Å². The Kier molecular flexibility index (Phi) is 7.79. The molecule has 1 heterocycles. The van der Waals surface area contributed by atoms with Crippen LogP contribution in [0, 0.1) is 22.7 Å². The minimum atomic E-state index is -1.30. The number of hydrogen-bond donors (Lipinski definition) is 0. The zero-order valence-electron chi connectivity index (χ0n) is 24.0. The number of ether oxygens (including phenoxy) is 3. The van der Waals surface area contributed by atoms with Gasteiger partial charge in [-0.25, -0.2) is 0 Å². The van der Waals surface area contributed by atoms with Gasteiger partial charge in [0.1, 0.15) is 22.8 Å². The van der Waals surface area contributed by atoms with E-state index in [9.17, 15) is 24.0 Å². The molecule has 38 heavy (non-hydrogen) atoms. The van der Waals surface area contributed by atoms with Gasteiger partial charge in [0.05, 0.1) is 10.8 Å². The first-order valence-corrected chi connectivity index (χ1v) is 13.0. The molecule has 1 aliphatic heterocycles. The molecule has 8 nitrogen and oxygen atoms in total. The number of carbonyl (C=O) groups excluding carboxylic acids is 5. The molecule has 1 aliphatic carbocycles. The molecule has 3 rings (SSSR count). The van der Waals surface area contributed by atoms with Crippen molar-refractivity contribution in [3.8, 4) is 17.2 Å². The molecule has 8 heteroatoms. The van der Waals surface area contributed by atoms with Crippen molar-refractivity contribution in [1.82, 2.24) is 0 Å². The highest BCUT2D eigenvalue weighted by molar-refractivity contribution is 6.20. The predicted octanol–water partition coefficient (Wildman–Crippen LogP) is 5.75. The van der Waals surface area contributed by atoms with Crippen LogP contribution >= 0.6 is 0 Å². The van der Waals surface area contributed by atoms with Crippen LogP contribution in [-0.4, -0.2) is 29.3 Å². The molecule has 0 fully saturated rings. The molecule has 206 valence electrons. The summed E-state index contributed by atoms with van der Waals surface area (Å²) in [4.78, 5) is 65.2. The number of benzene rings is 1. The molecule has 1 aromatic carbocycles. The van der Waals surface area contributed by atoms with Crippen molar-refractivity contribution in [2.45, 2.75) is 88.0 Å². The van der Waals surface area contributed by atoms with Gasteiger partial charge in [0, 0.05) is 43.4 Å². The minimum Gasteiger partial charge on any atom is -0.460 e. The van der Waals surface area contributed by atoms with Crippen molar-refractivity contribution >= 4 is 29.3 Å². The summed E-state index contributed by atoms with van der Waals surface area (Å²) in [5.74, 6) is -2.69. The quantitative estimate of drug-likeness (QED) is 0.191. The highest BCUT2D eigenvalue weighted by atomic mass is 16.5. The Balaban J connectivity index is 2.48. The first-order valence-electron chi connectivity index (χ1n) is 13.0. The maximum atomic E-state index is 13.9. The molecule has 1 unspecified atom stereocenters. The summed E-state index contributed by atoms with van der Waals surface area (Å²) in [6.45, 7) is 16.8. The Labute approximate surface area is 224 Å². The zero-order chi connectivity index (χ0) is 28.9. The number of allylic oxidation sites excluding steroid dienone is 2. The summed E-state index contributed by atoms with van der Waals surface area (Å²) in [7, 11) is 0. The zero-order valence-corrected chi connectivity index (χ0v) is 24.0. The average Bonchev–Trinajstić information content (AvgIpc) is 2.74. The standard InChI is InChI=1S/C30H38O8/c1-14(2)11-18-22-20(38-27-23(18)26(34)29(7,8)28(35)30(27,9)10)13-21(36-16(5)31)24(19(33)12-15(3)4)25(22)37-17(6)32/h13-15,18H,11-12H2,1-10H3.